The van der Waals surface area contributed by atoms with E-state index >= 15 is 0 Å². The first-order chi connectivity index (χ1) is 14.4. The van der Waals surface area contributed by atoms with E-state index in [1.54, 1.807) is 25.4 Å². The lowest BCUT2D eigenvalue weighted by Crippen LogP contribution is -2.42. The summed E-state index contributed by atoms with van der Waals surface area (Å²) in [5, 5.41) is 4.27. The largest absolute Gasteiger partial charge is 0.497 e. The van der Waals surface area contributed by atoms with Gasteiger partial charge in [-0.3, -0.25) is 4.90 Å². The molecule has 30 heavy (non-hydrogen) atoms. The maximum Gasteiger partial charge on any atom is 0.268 e. The molecular formula is C23H29N3O3S. The Morgan fingerprint density at radius 3 is 2.40 bits per heavy atom. The van der Waals surface area contributed by atoms with Crippen LogP contribution >= 0.6 is 0 Å². The fraction of sp³-hybridized carbons (Fsp3) is 0.391. The summed E-state index contributed by atoms with van der Waals surface area (Å²) in [5.41, 5.74) is 2.79. The number of hydrogen-bond acceptors (Lipinski definition) is 5. The molecular weight excluding hydrogens is 398 g/mol. The maximum atomic E-state index is 13.5. The molecule has 1 aliphatic rings. The van der Waals surface area contributed by atoms with Gasteiger partial charge in [-0.05, 0) is 47.4 Å². The van der Waals surface area contributed by atoms with Gasteiger partial charge in [0.05, 0.1) is 17.5 Å². The van der Waals surface area contributed by atoms with Gasteiger partial charge in [-0.25, -0.2) is 12.4 Å². The Kier molecular flexibility index (Phi) is 5.86. The van der Waals surface area contributed by atoms with Crippen LogP contribution in [0.5, 0.6) is 5.75 Å². The van der Waals surface area contributed by atoms with Crippen LogP contribution in [0.15, 0.2) is 53.6 Å². The van der Waals surface area contributed by atoms with Crippen molar-refractivity contribution in [1.29, 1.82) is 0 Å². The van der Waals surface area contributed by atoms with Crippen molar-refractivity contribution >= 4 is 20.9 Å². The summed E-state index contributed by atoms with van der Waals surface area (Å²) < 4.78 is 33.8. The summed E-state index contributed by atoms with van der Waals surface area (Å²) in [6, 6.07) is 12.8. The van der Waals surface area contributed by atoms with Crippen molar-refractivity contribution in [2.45, 2.75) is 31.2 Å². The van der Waals surface area contributed by atoms with E-state index in [-0.39, 0.29) is 0 Å². The molecule has 4 rings (SSSR count). The van der Waals surface area contributed by atoms with Crippen LogP contribution in [0.25, 0.3) is 10.9 Å². The summed E-state index contributed by atoms with van der Waals surface area (Å²) in [6.07, 6.45) is 1.78. The summed E-state index contributed by atoms with van der Waals surface area (Å²) in [5.74, 6) is 1.08. The molecule has 0 atom stereocenters. The third-order valence-electron chi connectivity index (χ3n) is 5.77. The van der Waals surface area contributed by atoms with Gasteiger partial charge in [0.15, 0.2) is 0 Å². The number of ether oxygens (including phenoxy) is 1. The van der Waals surface area contributed by atoms with Crippen LogP contribution in [0.3, 0.4) is 0 Å². The van der Waals surface area contributed by atoms with E-state index in [9.17, 15) is 8.42 Å². The summed E-state index contributed by atoms with van der Waals surface area (Å²) in [6.45, 7) is 8.68. The van der Waals surface area contributed by atoms with E-state index < -0.39 is 10.0 Å². The number of aromatic nitrogens is 1. The second-order valence-electron chi connectivity index (χ2n) is 8.09. The summed E-state index contributed by atoms with van der Waals surface area (Å²) >= 11 is 0. The minimum Gasteiger partial charge on any atom is -0.497 e. The molecule has 0 bridgehead atoms. The van der Waals surface area contributed by atoms with Crippen molar-refractivity contribution in [1.82, 2.24) is 14.2 Å². The zero-order valence-corrected chi connectivity index (χ0v) is 18.6. The first kappa shape index (κ1) is 20.9. The van der Waals surface area contributed by atoms with Crippen molar-refractivity contribution in [2.75, 3.05) is 33.3 Å². The summed E-state index contributed by atoms with van der Waals surface area (Å²) in [7, 11) is -2.08. The molecule has 160 valence electrons. The molecule has 0 saturated carbocycles. The van der Waals surface area contributed by atoms with Crippen LogP contribution in [0.4, 0.5) is 0 Å². The second-order valence-corrected chi connectivity index (χ2v) is 9.90. The highest BCUT2D eigenvalue weighted by Crippen LogP contribution is 2.30. The molecule has 1 saturated heterocycles. The smallest absolute Gasteiger partial charge is 0.268 e. The van der Waals surface area contributed by atoms with E-state index in [4.69, 9.17) is 4.74 Å². The highest BCUT2D eigenvalue weighted by atomic mass is 32.2. The van der Waals surface area contributed by atoms with Crippen LogP contribution < -0.4 is 10.1 Å². The quantitative estimate of drug-likeness (QED) is 0.653. The molecule has 1 N–H and O–H groups in total. The third kappa shape index (κ3) is 3.97. The van der Waals surface area contributed by atoms with Gasteiger partial charge in [-0.2, -0.15) is 0 Å². The third-order valence-corrected chi connectivity index (χ3v) is 7.46. The van der Waals surface area contributed by atoms with Crippen LogP contribution in [0.1, 0.15) is 30.9 Å². The highest BCUT2D eigenvalue weighted by Gasteiger charge is 2.23. The van der Waals surface area contributed by atoms with Gasteiger partial charge < -0.3 is 10.1 Å². The average molecular weight is 428 g/mol. The predicted octanol–water partition coefficient (Wildman–Crippen LogP) is 3.42. The Morgan fingerprint density at radius 2 is 1.77 bits per heavy atom. The molecule has 0 spiro atoms. The normalized spacial score (nSPS) is 15.7. The van der Waals surface area contributed by atoms with Gasteiger partial charge in [0, 0.05) is 44.3 Å². The number of hydrogen-bond donors (Lipinski definition) is 1. The fourth-order valence-corrected chi connectivity index (χ4v) is 5.34. The average Bonchev–Trinajstić information content (AvgIpc) is 3.13. The zero-order chi connectivity index (χ0) is 21.3. The van der Waals surface area contributed by atoms with Crippen LogP contribution in [0.2, 0.25) is 0 Å². The van der Waals surface area contributed by atoms with Gasteiger partial charge in [0.2, 0.25) is 0 Å². The Morgan fingerprint density at radius 1 is 1.07 bits per heavy atom. The molecule has 7 heteroatoms. The van der Waals surface area contributed by atoms with Gasteiger partial charge in [0.25, 0.3) is 10.0 Å². The van der Waals surface area contributed by atoms with Gasteiger partial charge in [-0.15, -0.1) is 0 Å². The van der Waals surface area contributed by atoms with Crippen molar-refractivity contribution in [3.05, 3.63) is 59.8 Å². The van der Waals surface area contributed by atoms with Crippen LogP contribution in [0, 0.1) is 0 Å². The highest BCUT2D eigenvalue weighted by molar-refractivity contribution is 7.90. The molecule has 0 radical (unpaired) electrons. The molecule has 6 nitrogen and oxygen atoms in total. The zero-order valence-electron chi connectivity index (χ0n) is 17.8. The van der Waals surface area contributed by atoms with Crippen molar-refractivity contribution < 1.29 is 13.2 Å². The van der Waals surface area contributed by atoms with Crippen molar-refractivity contribution in [3.63, 3.8) is 0 Å². The van der Waals surface area contributed by atoms with E-state index in [0.717, 1.165) is 48.4 Å². The lowest BCUT2D eigenvalue weighted by molar-refractivity contribution is 0.234. The first-order valence-corrected chi connectivity index (χ1v) is 11.8. The van der Waals surface area contributed by atoms with Gasteiger partial charge in [0.1, 0.15) is 5.75 Å². The Labute approximate surface area is 178 Å². The summed E-state index contributed by atoms with van der Waals surface area (Å²) in [4.78, 5) is 2.65. The van der Waals surface area contributed by atoms with Crippen molar-refractivity contribution in [2.24, 2.45) is 0 Å². The molecule has 3 aromatic rings. The SMILES string of the molecule is COc1ccc2c(c1)c(CN1CCNCC1)cn2S(=O)(=O)c1ccc(C(C)C)cc1. The topological polar surface area (TPSA) is 63.6 Å². The minimum absolute atomic E-state index is 0.299. The van der Waals surface area contributed by atoms with E-state index in [0.29, 0.717) is 22.9 Å². The Bertz CT molecular complexity index is 1130. The monoisotopic (exact) mass is 427 g/mol. The van der Waals surface area contributed by atoms with E-state index in [2.05, 4.69) is 24.1 Å². The molecule has 2 aromatic carbocycles. The molecule has 1 fully saturated rings. The molecule has 0 amide bonds. The number of fused-ring (bicyclic) bond motifs is 1. The minimum atomic E-state index is -3.70. The molecule has 0 aliphatic carbocycles. The number of rotatable bonds is 6. The number of piperazine rings is 1. The Hall–Kier alpha value is -2.35. The lowest BCUT2D eigenvalue weighted by atomic mass is 10.0. The van der Waals surface area contributed by atoms with Crippen LogP contribution in [-0.4, -0.2) is 50.6 Å². The number of methoxy groups -OCH3 is 1. The molecule has 2 heterocycles. The number of benzene rings is 2. The molecule has 1 aromatic heterocycles. The van der Waals surface area contributed by atoms with Crippen LogP contribution in [-0.2, 0) is 16.6 Å². The lowest BCUT2D eigenvalue weighted by Gasteiger charge is -2.26. The van der Waals surface area contributed by atoms with E-state index in [1.807, 2.05) is 30.3 Å². The number of nitrogens with one attached hydrogen (secondary N) is 1. The van der Waals surface area contributed by atoms with Crippen molar-refractivity contribution in [3.8, 4) is 5.75 Å². The first-order valence-electron chi connectivity index (χ1n) is 10.4. The maximum absolute atomic E-state index is 13.5. The number of nitrogens with zero attached hydrogens (tertiary/aromatic N) is 2. The molecule has 0 unspecified atom stereocenters. The standard InChI is InChI=1S/C23H29N3O3S/c1-17(2)18-4-7-21(8-5-18)30(27,28)26-16-19(15-25-12-10-24-11-13-25)22-14-20(29-3)6-9-23(22)26/h4-9,14,16-17,24H,10-13,15H2,1-3H3. The van der Waals surface area contributed by atoms with E-state index in [1.165, 1.54) is 3.97 Å². The molecule has 1 aliphatic heterocycles. The predicted molar refractivity (Wildman–Crippen MR) is 120 cm³/mol. The van der Waals surface area contributed by atoms with Gasteiger partial charge in [-0.1, -0.05) is 26.0 Å². The second kappa shape index (κ2) is 8.41. The fourth-order valence-electron chi connectivity index (χ4n) is 3.95. The Balaban J connectivity index is 1.79. The van der Waals surface area contributed by atoms with Gasteiger partial charge >= 0.3 is 0 Å².